The topological polar surface area (TPSA) is 35.5 Å². The summed E-state index contributed by atoms with van der Waals surface area (Å²) >= 11 is 0. The highest BCUT2D eigenvalue weighted by atomic mass is 16.7. The summed E-state index contributed by atoms with van der Waals surface area (Å²) < 4.78 is 10.4. The lowest BCUT2D eigenvalue weighted by Crippen LogP contribution is -2.16. The van der Waals surface area contributed by atoms with Crippen molar-refractivity contribution in [2.75, 3.05) is 13.9 Å². The normalized spacial score (nSPS) is 27.6. The molecule has 0 N–H and O–H groups in total. The van der Waals surface area contributed by atoms with Gasteiger partial charge in [0.05, 0.1) is 12.0 Å². The molecule has 1 aliphatic rings. The van der Waals surface area contributed by atoms with Gasteiger partial charge in [0.25, 0.3) is 0 Å². The van der Waals surface area contributed by atoms with Gasteiger partial charge in [-0.3, -0.25) is 4.79 Å². The van der Waals surface area contributed by atoms with Gasteiger partial charge in [0, 0.05) is 20.0 Å². The van der Waals surface area contributed by atoms with E-state index in [1.54, 1.807) is 7.11 Å². The summed E-state index contributed by atoms with van der Waals surface area (Å²) in [5.41, 5.74) is 0. The van der Waals surface area contributed by atoms with E-state index in [1.165, 1.54) is 0 Å². The molecule has 1 aliphatic carbocycles. The van der Waals surface area contributed by atoms with Crippen LogP contribution in [-0.4, -0.2) is 25.8 Å². The third-order valence-corrected chi connectivity index (χ3v) is 2.90. The van der Waals surface area contributed by atoms with Crippen LogP contribution in [0.3, 0.4) is 0 Å². The standard InChI is InChI=1S/C15H22O3/c1-13-8-6-4-3-5-7-9-14(18-12-17-2)10-11-15(13)16/h7,9,13-14H,3-5,10-12H2,1-2H3/b9-7-. The average Bonchev–Trinajstić information content (AvgIpc) is 2.37. The minimum Gasteiger partial charge on any atom is -0.359 e. The van der Waals surface area contributed by atoms with Gasteiger partial charge in [0.2, 0.25) is 0 Å². The first-order valence-electron chi connectivity index (χ1n) is 6.52. The molecular formula is C15H22O3. The molecule has 0 spiro atoms. The summed E-state index contributed by atoms with van der Waals surface area (Å²) in [6, 6.07) is 0. The SMILES string of the molecule is COCOC1/C=C\CCCC#CC(C)C(=O)CC1. The number of methoxy groups -OCH3 is 1. The van der Waals surface area contributed by atoms with Crippen molar-refractivity contribution in [3.63, 3.8) is 0 Å². The van der Waals surface area contributed by atoms with E-state index in [0.717, 1.165) is 19.3 Å². The van der Waals surface area contributed by atoms with Crippen LogP contribution < -0.4 is 0 Å². The van der Waals surface area contributed by atoms with E-state index in [1.807, 2.05) is 13.0 Å². The van der Waals surface area contributed by atoms with Crippen LogP contribution >= 0.6 is 0 Å². The zero-order chi connectivity index (χ0) is 13.2. The van der Waals surface area contributed by atoms with Gasteiger partial charge >= 0.3 is 0 Å². The summed E-state index contributed by atoms with van der Waals surface area (Å²) in [6.45, 7) is 2.14. The molecule has 0 saturated heterocycles. The Morgan fingerprint density at radius 2 is 2.33 bits per heavy atom. The van der Waals surface area contributed by atoms with Gasteiger partial charge in [-0.1, -0.05) is 18.1 Å². The number of hydrogen-bond donors (Lipinski definition) is 0. The molecule has 0 radical (unpaired) electrons. The Morgan fingerprint density at radius 1 is 1.50 bits per heavy atom. The molecule has 3 nitrogen and oxygen atoms in total. The third kappa shape index (κ3) is 6.00. The molecule has 1 rings (SSSR count). The van der Waals surface area contributed by atoms with Crippen molar-refractivity contribution in [3.05, 3.63) is 12.2 Å². The maximum absolute atomic E-state index is 11.8. The molecule has 3 heteroatoms. The highest BCUT2D eigenvalue weighted by molar-refractivity contribution is 5.83. The number of ether oxygens (including phenoxy) is 2. The van der Waals surface area contributed by atoms with E-state index in [4.69, 9.17) is 9.47 Å². The highest BCUT2D eigenvalue weighted by Crippen LogP contribution is 2.11. The molecule has 2 atom stereocenters. The second-order valence-corrected chi connectivity index (χ2v) is 4.48. The molecule has 0 saturated carbocycles. The number of allylic oxidation sites excluding steroid dienone is 1. The van der Waals surface area contributed by atoms with Gasteiger partial charge in [0.1, 0.15) is 12.6 Å². The fraction of sp³-hybridized carbons (Fsp3) is 0.667. The monoisotopic (exact) mass is 250 g/mol. The van der Waals surface area contributed by atoms with E-state index in [2.05, 4.69) is 17.9 Å². The molecule has 0 aromatic rings. The number of carbonyl (C=O) groups is 1. The molecule has 0 fully saturated rings. The summed E-state index contributed by atoms with van der Waals surface area (Å²) in [4.78, 5) is 11.8. The van der Waals surface area contributed by atoms with Crippen molar-refractivity contribution >= 4 is 5.78 Å². The smallest absolute Gasteiger partial charge is 0.147 e. The van der Waals surface area contributed by atoms with Crippen LogP contribution in [0.2, 0.25) is 0 Å². The Morgan fingerprint density at radius 3 is 3.11 bits per heavy atom. The average molecular weight is 250 g/mol. The van der Waals surface area contributed by atoms with Gasteiger partial charge in [-0.2, -0.15) is 0 Å². The lowest BCUT2D eigenvalue weighted by molar-refractivity contribution is -0.122. The van der Waals surface area contributed by atoms with Crippen LogP contribution in [0.25, 0.3) is 0 Å². The molecule has 0 aromatic heterocycles. The van der Waals surface area contributed by atoms with Crippen LogP contribution in [0.15, 0.2) is 12.2 Å². The van der Waals surface area contributed by atoms with Crippen molar-refractivity contribution in [1.82, 2.24) is 0 Å². The molecular weight excluding hydrogens is 228 g/mol. The predicted octanol–water partition coefficient (Wildman–Crippen LogP) is 2.70. The maximum atomic E-state index is 11.8. The largest absolute Gasteiger partial charge is 0.359 e. The lowest BCUT2D eigenvalue weighted by atomic mass is 10.00. The minimum absolute atomic E-state index is 0.0338. The lowest BCUT2D eigenvalue weighted by Gasteiger charge is -2.14. The van der Waals surface area contributed by atoms with E-state index in [-0.39, 0.29) is 24.6 Å². The molecule has 0 aromatic carbocycles. The Balaban J connectivity index is 2.58. The number of hydrogen-bond acceptors (Lipinski definition) is 3. The second kappa shape index (κ2) is 8.91. The Hall–Kier alpha value is -1.11. The van der Waals surface area contributed by atoms with Gasteiger partial charge in [0.15, 0.2) is 0 Å². The van der Waals surface area contributed by atoms with E-state index < -0.39 is 0 Å². The molecule has 0 bridgehead atoms. The minimum atomic E-state index is -0.156. The third-order valence-electron chi connectivity index (χ3n) is 2.90. The first kappa shape index (κ1) is 14.9. The van der Waals surface area contributed by atoms with Crippen molar-refractivity contribution in [2.24, 2.45) is 5.92 Å². The summed E-state index contributed by atoms with van der Waals surface area (Å²) in [6.07, 6.45) is 8.20. The molecule has 0 amide bonds. The summed E-state index contributed by atoms with van der Waals surface area (Å²) in [5.74, 6) is 6.13. The maximum Gasteiger partial charge on any atom is 0.147 e. The summed E-state index contributed by atoms with van der Waals surface area (Å²) in [7, 11) is 1.60. The van der Waals surface area contributed by atoms with Crippen LogP contribution in [0.1, 0.15) is 39.0 Å². The van der Waals surface area contributed by atoms with Crippen molar-refractivity contribution in [3.8, 4) is 11.8 Å². The van der Waals surface area contributed by atoms with E-state index >= 15 is 0 Å². The zero-order valence-corrected chi connectivity index (χ0v) is 11.3. The first-order valence-corrected chi connectivity index (χ1v) is 6.52. The summed E-state index contributed by atoms with van der Waals surface area (Å²) in [5, 5.41) is 0. The first-order chi connectivity index (χ1) is 8.74. The molecule has 0 aliphatic heterocycles. The Kier molecular flexibility index (Phi) is 7.40. The van der Waals surface area contributed by atoms with Crippen molar-refractivity contribution in [2.45, 2.75) is 45.1 Å². The molecule has 0 heterocycles. The fourth-order valence-corrected chi connectivity index (χ4v) is 1.75. The predicted molar refractivity (Wildman–Crippen MR) is 70.9 cm³/mol. The number of rotatable bonds is 3. The quantitative estimate of drug-likeness (QED) is 0.439. The highest BCUT2D eigenvalue weighted by Gasteiger charge is 2.13. The Labute approximate surface area is 110 Å². The number of ketones is 1. The van der Waals surface area contributed by atoms with Gasteiger partial charge < -0.3 is 9.47 Å². The van der Waals surface area contributed by atoms with Crippen LogP contribution in [-0.2, 0) is 14.3 Å². The van der Waals surface area contributed by atoms with Crippen molar-refractivity contribution in [1.29, 1.82) is 0 Å². The number of carbonyl (C=O) groups excluding carboxylic acids is 1. The van der Waals surface area contributed by atoms with Gasteiger partial charge in [-0.25, -0.2) is 0 Å². The zero-order valence-electron chi connectivity index (χ0n) is 11.3. The molecule has 18 heavy (non-hydrogen) atoms. The van der Waals surface area contributed by atoms with Gasteiger partial charge in [-0.05, 0) is 26.2 Å². The van der Waals surface area contributed by atoms with Gasteiger partial charge in [-0.15, -0.1) is 5.92 Å². The number of Topliss-reactive ketones (excluding diaryl/α,β-unsaturated/α-hetero) is 1. The van der Waals surface area contributed by atoms with E-state index in [9.17, 15) is 4.79 Å². The molecule has 2 unspecified atom stereocenters. The Bertz CT molecular complexity index is 335. The molecule has 100 valence electrons. The van der Waals surface area contributed by atoms with Crippen LogP contribution in [0.4, 0.5) is 0 Å². The van der Waals surface area contributed by atoms with E-state index in [0.29, 0.717) is 12.8 Å². The van der Waals surface area contributed by atoms with Crippen LogP contribution in [0, 0.1) is 17.8 Å². The van der Waals surface area contributed by atoms with Crippen molar-refractivity contribution < 1.29 is 14.3 Å². The second-order valence-electron chi connectivity index (χ2n) is 4.48. The van der Waals surface area contributed by atoms with Crippen LogP contribution in [0.5, 0.6) is 0 Å². The fourth-order valence-electron chi connectivity index (χ4n) is 1.75.